The molecule has 0 aromatic rings. The second kappa shape index (κ2) is 5.58. The third kappa shape index (κ3) is 4.67. The predicted molar refractivity (Wildman–Crippen MR) is 53.3 cm³/mol. The van der Waals surface area contributed by atoms with Crippen LogP contribution in [0.25, 0.3) is 0 Å². The average molecular weight is 215 g/mol. The molecule has 1 N–H and O–H groups in total. The van der Waals surface area contributed by atoms with Gasteiger partial charge in [0.2, 0.25) is 0 Å². The molecule has 1 fully saturated rings. The zero-order valence-corrected chi connectivity index (χ0v) is 9.12. The molecule has 1 saturated carbocycles. The van der Waals surface area contributed by atoms with Gasteiger partial charge in [-0.25, -0.2) is 4.79 Å². The number of amides is 1. The Kier molecular flexibility index (Phi) is 4.39. The summed E-state index contributed by atoms with van der Waals surface area (Å²) in [5.74, 6) is 0.957. The van der Waals surface area contributed by atoms with E-state index in [4.69, 9.17) is 4.74 Å². The molecule has 0 bridgehead atoms. The van der Waals surface area contributed by atoms with Crippen LogP contribution in [-0.2, 0) is 14.3 Å². The molecule has 0 spiro atoms. The van der Waals surface area contributed by atoms with E-state index >= 15 is 0 Å². The van der Waals surface area contributed by atoms with Gasteiger partial charge in [-0.1, -0.05) is 6.92 Å². The molecule has 0 aliphatic heterocycles. The van der Waals surface area contributed by atoms with Crippen LogP contribution in [0, 0.1) is 11.8 Å². The van der Waals surface area contributed by atoms with E-state index in [1.807, 2.05) is 0 Å². The minimum Gasteiger partial charge on any atom is -0.465 e. The van der Waals surface area contributed by atoms with Crippen LogP contribution in [0.2, 0.25) is 0 Å². The number of nitrogens with one attached hydrogen (secondary N) is 1. The van der Waals surface area contributed by atoms with Crippen molar-refractivity contribution in [3.05, 3.63) is 0 Å². The minimum atomic E-state index is -0.529. The molecule has 0 saturated heterocycles. The smallest absolute Gasteiger partial charge is 0.406 e. The van der Waals surface area contributed by atoms with E-state index in [1.54, 1.807) is 0 Å². The Morgan fingerprint density at radius 3 is 2.67 bits per heavy atom. The number of alkyl carbamates (subject to hydrolysis) is 1. The Hall–Kier alpha value is -1.26. The highest BCUT2D eigenvalue weighted by Crippen LogP contribution is 2.37. The lowest BCUT2D eigenvalue weighted by molar-refractivity contribution is -0.144. The SMILES string of the molecule is COC(=O)NCCC(=O)OCC1CC1C. The highest BCUT2D eigenvalue weighted by atomic mass is 16.5. The van der Waals surface area contributed by atoms with Crippen LogP contribution in [0.3, 0.4) is 0 Å². The van der Waals surface area contributed by atoms with E-state index in [0.717, 1.165) is 6.42 Å². The summed E-state index contributed by atoms with van der Waals surface area (Å²) in [4.78, 5) is 21.8. The first-order valence-electron chi connectivity index (χ1n) is 5.11. The van der Waals surface area contributed by atoms with Crippen LogP contribution >= 0.6 is 0 Å². The van der Waals surface area contributed by atoms with Gasteiger partial charge in [-0.2, -0.15) is 0 Å². The topological polar surface area (TPSA) is 64.6 Å². The van der Waals surface area contributed by atoms with E-state index < -0.39 is 6.09 Å². The Bertz CT molecular complexity index is 242. The lowest BCUT2D eigenvalue weighted by Crippen LogP contribution is -2.26. The largest absolute Gasteiger partial charge is 0.465 e. The lowest BCUT2D eigenvalue weighted by Gasteiger charge is -2.04. The molecule has 2 atom stereocenters. The molecule has 15 heavy (non-hydrogen) atoms. The first-order valence-corrected chi connectivity index (χ1v) is 5.11. The summed E-state index contributed by atoms with van der Waals surface area (Å²) < 4.78 is 9.37. The normalized spacial score (nSPS) is 23.1. The number of methoxy groups -OCH3 is 1. The Labute approximate surface area is 89.1 Å². The van der Waals surface area contributed by atoms with Crippen molar-refractivity contribution in [2.75, 3.05) is 20.3 Å². The summed E-state index contributed by atoms with van der Waals surface area (Å²) >= 11 is 0. The maximum atomic E-state index is 11.1. The van der Waals surface area contributed by atoms with Crippen LogP contribution in [0.15, 0.2) is 0 Å². The number of esters is 1. The van der Waals surface area contributed by atoms with E-state index in [-0.39, 0.29) is 18.9 Å². The average Bonchev–Trinajstić information content (AvgIpc) is 2.91. The monoisotopic (exact) mass is 215 g/mol. The molecular formula is C10H17NO4. The fourth-order valence-electron chi connectivity index (χ4n) is 1.24. The van der Waals surface area contributed by atoms with Crippen LogP contribution in [0.1, 0.15) is 19.8 Å². The molecule has 1 amide bonds. The number of hydrogen-bond acceptors (Lipinski definition) is 4. The Balaban J connectivity index is 1.96. The number of carbonyl (C=O) groups excluding carboxylic acids is 2. The summed E-state index contributed by atoms with van der Waals surface area (Å²) in [5.41, 5.74) is 0. The molecule has 1 aliphatic carbocycles. The molecule has 0 aromatic heterocycles. The first kappa shape index (κ1) is 11.8. The van der Waals surface area contributed by atoms with Crippen molar-refractivity contribution in [2.45, 2.75) is 19.8 Å². The highest BCUT2D eigenvalue weighted by molar-refractivity contribution is 5.71. The standard InChI is InChI=1S/C10H17NO4/c1-7-5-8(7)6-15-9(12)3-4-11-10(13)14-2/h7-8H,3-6H2,1-2H3,(H,11,13). The van der Waals surface area contributed by atoms with Crippen molar-refractivity contribution in [3.63, 3.8) is 0 Å². The van der Waals surface area contributed by atoms with Gasteiger partial charge in [0.25, 0.3) is 0 Å². The quantitative estimate of drug-likeness (QED) is 0.693. The summed E-state index contributed by atoms with van der Waals surface area (Å²) in [6.45, 7) is 2.90. The second-order valence-corrected chi connectivity index (χ2v) is 3.82. The van der Waals surface area contributed by atoms with Crippen molar-refractivity contribution in [2.24, 2.45) is 11.8 Å². The molecule has 5 nitrogen and oxygen atoms in total. The minimum absolute atomic E-state index is 0.191. The van der Waals surface area contributed by atoms with Crippen LogP contribution in [0.5, 0.6) is 0 Å². The molecule has 0 aromatic carbocycles. The number of hydrogen-bond donors (Lipinski definition) is 1. The molecule has 1 rings (SSSR count). The van der Waals surface area contributed by atoms with Crippen molar-refractivity contribution in [1.29, 1.82) is 0 Å². The third-order valence-corrected chi connectivity index (χ3v) is 2.52. The fourth-order valence-corrected chi connectivity index (χ4v) is 1.24. The van der Waals surface area contributed by atoms with Gasteiger partial charge in [0.15, 0.2) is 0 Å². The van der Waals surface area contributed by atoms with Crippen molar-refractivity contribution in [1.82, 2.24) is 5.32 Å². The molecule has 0 heterocycles. The maximum Gasteiger partial charge on any atom is 0.406 e. The van der Waals surface area contributed by atoms with Gasteiger partial charge < -0.3 is 14.8 Å². The van der Waals surface area contributed by atoms with Gasteiger partial charge in [-0.15, -0.1) is 0 Å². The van der Waals surface area contributed by atoms with E-state index in [9.17, 15) is 9.59 Å². The fraction of sp³-hybridized carbons (Fsp3) is 0.800. The maximum absolute atomic E-state index is 11.1. The lowest BCUT2D eigenvalue weighted by atomic mass is 10.3. The van der Waals surface area contributed by atoms with Crippen molar-refractivity contribution in [3.8, 4) is 0 Å². The van der Waals surface area contributed by atoms with Crippen LogP contribution in [0.4, 0.5) is 4.79 Å². The molecule has 1 aliphatic rings. The zero-order valence-electron chi connectivity index (χ0n) is 9.12. The summed E-state index contributed by atoms with van der Waals surface area (Å²) in [6.07, 6.45) is 0.808. The van der Waals surface area contributed by atoms with Gasteiger partial charge in [0, 0.05) is 6.54 Å². The zero-order chi connectivity index (χ0) is 11.3. The van der Waals surface area contributed by atoms with Crippen molar-refractivity contribution < 1.29 is 19.1 Å². The van der Waals surface area contributed by atoms with Crippen molar-refractivity contribution >= 4 is 12.1 Å². The molecule has 0 radical (unpaired) electrons. The van der Waals surface area contributed by atoms with E-state index in [1.165, 1.54) is 7.11 Å². The van der Waals surface area contributed by atoms with E-state index in [0.29, 0.717) is 18.4 Å². The van der Waals surface area contributed by atoms with Crippen LogP contribution < -0.4 is 5.32 Å². The summed E-state index contributed by atoms with van der Waals surface area (Å²) in [6, 6.07) is 0. The van der Waals surface area contributed by atoms with Gasteiger partial charge in [0.05, 0.1) is 20.1 Å². The van der Waals surface area contributed by atoms with Gasteiger partial charge >= 0.3 is 12.1 Å². The summed E-state index contributed by atoms with van der Waals surface area (Å²) in [7, 11) is 1.28. The highest BCUT2D eigenvalue weighted by Gasteiger charge is 2.33. The van der Waals surface area contributed by atoms with Crippen LogP contribution in [-0.4, -0.2) is 32.3 Å². The van der Waals surface area contributed by atoms with Gasteiger partial charge in [-0.05, 0) is 18.3 Å². The number of ether oxygens (including phenoxy) is 2. The molecular weight excluding hydrogens is 198 g/mol. The molecule has 2 unspecified atom stereocenters. The van der Waals surface area contributed by atoms with Gasteiger partial charge in [0.1, 0.15) is 0 Å². The Morgan fingerprint density at radius 2 is 2.13 bits per heavy atom. The second-order valence-electron chi connectivity index (χ2n) is 3.82. The van der Waals surface area contributed by atoms with Gasteiger partial charge in [-0.3, -0.25) is 4.79 Å². The Morgan fingerprint density at radius 1 is 1.47 bits per heavy atom. The number of rotatable bonds is 5. The molecule has 5 heteroatoms. The van der Waals surface area contributed by atoms with E-state index in [2.05, 4.69) is 17.0 Å². The molecule has 86 valence electrons. The first-order chi connectivity index (χ1) is 7.13. The number of carbonyl (C=O) groups is 2. The third-order valence-electron chi connectivity index (χ3n) is 2.52. The summed E-state index contributed by atoms with van der Waals surface area (Å²) in [5, 5.41) is 2.41. The predicted octanol–water partition coefficient (Wildman–Crippen LogP) is 0.932.